The number of fused-ring (bicyclic) bond motifs is 1. The highest BCUT2D eigenvalue weighted by Gasteiger charge is 2.10. The Hall–Kier alpha value is -2.17. The van der Waals surface area contributed by atoms with Crippen molar-refractivity contribution >= 4 is 22.6 Å². The average Bonchev–Trinajstić information content (AvgIpc) is 2.39. The molecule has 5 heteroatoms. The summed E-state index contributed by atoms with van der Waals surface area (Å²) in [5.74, 6) is -0.235. The van der Waals surface area contributed by atoms with Crippen molar-refractivity contribution in [3.8, 4) is 0 Å². The molecule has 1 aromatic carbocycles. The zero-order chi connectivity index (χ0) is 13.0. The highest BCUT2D eigenvalue weighted by atomic mass is 16.5. The molecule has 1 N–H and O–H groups in total. The fraction of sp³-hybridized carbons (Fsp3) is 0.308. The lowest BCUT2D eigenvalue weighted by Gasteiger charge is -2.14. The third kappa shape index (κ3) is 2.74. The summed E-state index contributed by atoms with van der Waals surface area (Å²) < 4.78 is 4.64. The number of benzene rings is 1. The number of anilines is 1. The van der Waals surface area contributed by atoms with Crippen molar-refractivity contribution in [2.45, 2.75) is 19.4 Å². The highest BCUT2D eigenvalue weighted by molar-refractivity contribution is 5.90. The van der Waals surface area contributed by atoms with E-state index in [0.717, 1.165) is 16.6 Å². The van der Waals surface area contributed by atoms with Crippen LogP contribution in [0.2, 0.25) is 0 Å². The van der Waals surface area contributed by atoms with E-state index in [2.05, 4.69) is 20.3 Å². The van der Waals surface area contributed by atoms with Gasteiger partial charge in [0.1, 0.15) is 0 Å². The second-order valence-corrected chi connectivity index (χ2v) is 4.10. The van der Waals surface area contributed by atoms with E-state index in [1.807, 2.05) is 31.2 Å². The van der Waals surface area contributed by atoms with Gasteiger partial charge >= 0.3 is 5.97 Å². The number of carbonyl (C=O) groups is 1. The van der Waals surface area contributed by atoms with Crippen molar-refractivity contribution in [2.75, 3.05) is 12.4 Å². The van der Waals surface area contributed by atoms with Crippen LogP contribution in [0.4, 0.5) is 5.69 Å². The van der Waals surface area contributed by atoms with Crippen molar-refractivity contribution < 1.29 is 9.53 Å². The maximum Gasteiger partial charge on any atom is 0.307 e. The Kier molecular flexibility index (Phi) is 3.72. The summed E-state index contributed by atoms with van der Waals surface area (Å²) in [6.07, 6.45) is 1.98. The summed E-state index contributed by atoms with van der Waals surface area (Å²) in [6, 6.07) is 7.71. The van der Waals surface area contributed by atoms with Crippen LogP contribution in [0.3, 0.4) is 0 Å². The second kappa shape index (κ2) is 5.44. The molecule has 1 unspecified atom stereocenters. The van der Waals surface area contributed by atoms with Gasteiger partial charge in [-0.1, -0.05) is 18.2 Å². The van der Waals surface area contributed by atoms with Crippen LogP contribution in [-0.4, -0.2) is 29.3 Å². The Morgan fingerprint density at radius 2 is 2.22 bits per heavy atom. The predicted molar refractivity (Wildman–Crippen MR) is 69.3 cm³/mol. The van der Waals surface area contributed by atoms with E-state index in [0.29, 0.717) is 6.42 Å². The van der Waals surface area contributed by atoms with E-state index in [9.17, 15) is 4.79 Å². The number of nitrogens with zero attached hydrogens (tertiary/aromatic N) is 2. The minimum absolute atomic E-state index is 0.0231. The van der Waals surface area contributed by atoms with Gasteiger partial charge in [-0.3, -0.25) is 4.79 Å². The number of ether oxygens (including phenoxy) is 1. The number of methoxy groups -OCH3 is 1. The number of nitrogens with one attached hydrogen (secondary N) is 1. The summed E-state index contributed by atoms with van der Waals surface area (Å²) in [4.78, 5) is 11.2. The summed E-state index contributed by atoms with van der Waals surface area (Å²) >= 11 is 0. The molecule has 0 fully saturated rings. The lowest BCUT2D eigenvalue weighted by molar-refractivity contribution is -0.140. The summed E-state index contributed by atoms with van der Waals surface area (Å²) in [7, 11) is 1.39. The van der Waals surface area contributed by atoms with Gasteiger partial charge in [0.25, 0.3) is 0 Å². The Morgan fingerprint density at radius 1 is 1.44 bits per heavy atom. The van der Waals surface area contributed by atoms with Crippen LogP contribution in [0.5, 0.6) is 0 Å². The standard InChI is InChI=1S/C13H15N3O2/c1-9(7-13(17)18-2)15-12-8-14-16-11-6-4-3-5-10(11)12/h3-6,8-9H,7H2,1-2H3,(H,15,16). The smallest absolute Gasteiger partial charge is 0.307 e. The largest absolute Gasteiger partial charge is 0.469 e. The molecule has 1 heterocycles. The highest BCUT2D eigenvalue weighted by Crippen LogP contribution is 2.20. The van der Waals surface area contributed by atoms with Crippen LogP contribution in [0.1, 0.15) is 13.3 Å². The Bertz CT molecular complexity index is 551. The molecule has 18 heavy (non-hydrogen) atoms. The third-order valence-electron chi connectivity index (χ3n) is 2.65. The van der Waals surface area contributed by atoms with E-state index in [4.69, 9.17) is 0 Å². The monoisotopic (exact) mass is 245 g/mol. The zero-order valence-corrected chi connectivity index (χ0v) is 10.4. The SMILES string of the molecule is COC(=O)CC(C)Nc1cnnc2ccccc12. The molecule has 1 aromatic heterocycles. The molecule has 0 saturated heterocycles. The van der Waals surface area contributed by atoms with Crippen LogP contribution >= 0.6 is 0 Å². The van der Waals surface area contributed by atoms with Gasteiger partial charge in [-0.15, -0.1) is 0 Å². The fourth-order valence-corrected chi connectivity index (χ4v) is 1.77. The molecule has 0 radical (unpaired) electrons. The molecule has 2 rings (SSSR count). The number of aromatic nitrogens is 2. The molecular formula is C13H15N3O2. The zero-order valence-electron chi connectivity index (χ0n) is 10.4. The number of hydrogen-bond donors (Lipinski definition) is 1. The Labute approximate surface area is 105 Å². The first-order valence-electron chi connectivity index (χ1n) is 5.74. The van der Waals surface area contributed by atoms with Crippen LogP contribution in [0.25, 0.3) is 10.9 Å². The van der Waals surface area contributed by atoms with Gasteiger partial charge in [0.2, 0.25) is 0 Å². The molecule has 1 atom stereocenters. The van der Waals surface area contributed by atoms with E-state index in [-0.39, 0.29) is 12.0 Å². The first kappa shape index (κ1) is 12.3. The molecule has 5 nitrogen and oxygen atoms in total. The predicted octanol–water partition coefficient (Wildman–Crippen LogP) is 1.99. The minimum atomic E-state index is -0.235. The molecular weight excluding hydrogens is 230 g/mol. The van der Waals surface area contributed by atoms with E-state index in [1.54, 1.807) is 6.20 Å². The number of hydrogen-bond acceptors (Lipinski definition) is 5. The van der Waals surface area contributed by atoms with Gasteiger partial charge in [0.15, 0.2) is 0 Å². The van der Waals surface area contributed by atoms with Crippen LogP contribution in [-0.2, 0) is 9.53 Å². The minimum Gasteiger partial charge on any atom is -0.469 e. The molecule has 0 aliphatic carbocycles. The third-order valence-corrected chi connectivity index (χ3v) is 2.65. The first-order chi connectivity index (χ1) is 8.70. The van der Waals surface area contributed by atoms with E-state index >= 15 is 0 Å². The maximum atomic E-state index is 11.2. The van der Waals surface area contributed by atoms with Crippen LogP contribution in [0, 0.1) is 0 Å². The molecule has 0 spiro atoms. The summed E-state index contributed by atoms with van der Waals surface area (Å²) in [5.41, 5.74) is 1.70. The molecule has 0 aliphatic heterocycles. The van der Waals surface area contributed by atoms with Crippen molar-refractivity contribution in [3.05, 3.63) is 30.5 Å². The van der Waals surface area contributed by atoms with E-state index < -0.39 is 0 Å². The number of carbonyl (C=O) groups excluding carboxylic acids is 1. The fourth-order valence-electron chi connectivity index (χ4n) is 1.77. The summed E-state index contributed by atoms with van der Waals surface area (Å²) in [5, 5.41) is 12.2. The lowest BCUT2D eigenvalue weighted by Crippen LogP contribution is -2.20. The topological polar surface area (TPSA) is 64.1 Å². The average molecular weight is 245 g/mol. The molecule has 94 valence electrons. The molecule has 0 aliphatic rings. The summed E-state index contributed by atoms with van der Waals surface area (Å²) in [6.45, 7) is 1.92. The van der Waals surface area contributed by atoms with Crippen molar-refractivity contribution in [1.29, 1.82) is 0 Å². The van der Waals surface area contributed by atoms with Gasteiger partial charge in [-0.2, -0.15) is 10.2 Å². The van der Waals surface area contributed by atoms with Gasteiger partial charge in [-0.25, -0.2) is 0 Å². The van der Waals surface area contributed by atoms with Crippen LogP contribution < -0.4 is 5.32 Å². The quantitative estimate of drug-likeness (QED) is 0.834. The maximum absolute atomic E-state index is 11.2. The molecule has 0 bridgehead atoms. The lowest BCUT2D eigenvalue weighted by atomic mass is 10.2. The first-order valence-corrected chi connectivity index (χ1v) is 5.74. The van der Waals surface area contributed by atoms with Gasteiger partial charge in [0.05, 0.1) is 30.9 Å². The molecule has 0 amide bonds. The van der Waals surface area contributed by atoms with E-state index in [1.165, 1.54) is 7.11 Å². The normalized spacial score (nSPS) is 12.1. The van der Waals surface area contributed by atoms with Gasteiger partial charge in [0, 0.05) is 11.4 Å². The van der Waals surface area contributed by atoms with Crippen molar-refractivity contribution in [2.24, 2.45) is 0 Å². The number of esters is 1. The Balaban J connectivity index is 2.19. The van der Waals surface area contributed by atoms with Gasteiger partial charge in [-0.05, 0) is 13.0 Å². The molecule has 0 saturated carbocycles. The number of rotatable bonds is 4. The van der Waals surface area contributed by atoms with Crippen molar-refractivity contribution in [3.63, 3.8) is 0 Å². The van der Waals surface area contributed by atoms with Gasteiger partial charge < -0.3 is 10.1 Å². The van der Waals surface area contributed by atoms with Crippen molar-refractivity contribution in [1.82, 2.24) is 10.2 Å². The van der Waals surface area contributed by atoms with Crippen LogP contribution in [0.15, 0.2) is 30.5 Å². The molecule has 2 aromatic rings. The Morgan fingerprint density at radius 3 is 3.00 bits per heavy atom. The second-order valence-electron chi connectivity index (χ2n) is 4.10.